The van der Waals surface area contributed by atoms with Crippen molar-refractivity contribution in [2.75, 3.05) is 19.0 Å². The highest BCUT2D eigenvalue weighted by Crippen LogP contribution is 2.16. The van der Waals surface area contributed by atoms with E-state index in [1.54, 1.807) is 0 Å². The summed E-state index contributed by atoms with van der Waals surface area (Å²) in [7, 11) is 4.06. The molecule has 0 spiro atoms. The highest BCUT2D eigenvalue weighted by atomic mass is 16.5. The maximum atomic E-state index is 8.43. The van der Waals surface area contributed by atoms with E-state index in [1.165, 1.54) is 12.0 Å². The lowest BCUT2D eigenvalue weighted by Crippen LogP contribution is -2.07. The van der Waals surface area contributed by atoms with Crippen LogP contribution in [0.4, 0.5) is 11.4 Å². The summed E-state index contributed by atoms with van der Waals surface area (Å²) in [4.78, 5) is 6.07. The first kappa shape index (κ1) is 14.8. The van der Waals surface area contributed by atoms with Gasteiger partial charge in [-0.1, -0.05) is 36.4 Å². The molecule has 0 heterocycles. The number of nitrogens with zero attached hydrogens (tertiary/aromatic N) is 2. The molecule has 0 fully saturated rings. The van der Waals surface area contributed by atoms with Crippen LogP contribution in [-0.2, 0) is 0 Å². The minimum atomic E-state index is 0.782. The smallest absolute Gasteiger partial charge is 0.113 e. The fourth-order valence-corrected chi connectivity index (χ4v) is 1.85. The number of hydrogen-bond acceptors (Lipinski definition) is 3. The number of anilines is 1. The Morgan fingerprint density at radius 3 is 1.90 bits per heavy atom. The normalized spacial score (nSPS) is 11.2. The topological polar surface area (TPSA) is 47.9 Å². The maximum Gasteiger partial charge on any atom is 0.113 e. The van der Waals surface area contributed by atoms with E-state index >= 15 is 0 Å². The Morgan fingerprint density at radius 1 is 0.905 bits per heavy atom. The number of hydroxylamine groups is 1. The SMILES string of the molecule is CN(C)c1ccc(/C=C/c2ccc(N=CNO)cc2)cc1. The third-order valence-electron chi connectivity index (χ3n) is 3.04. The number of nitrogens with one attached hydrogen (secondary N) is 1. The Kier molecular flexibility index (Phi) is 5.12. The van der Waals surface area contributed by atoms with E-state index in [1.807, 2.05) is 43.8 Å². The maximum absolute atomic E-state index is 8.43. The molecule has 0 bridgehead atoms. The van der Waals surface area contributed by atoms with Gasteiger partial charge in [0.25, 0.3) is 0 Å². The molecule has 0 aliphatic heterocycles. The van der Waals surface area contributed by atoms with Crippen molar-refractivity contribution < 1.29 is 5.21 Å². The van der Waals surface area contributed by atoms with Crippen LogP contribution in [0.1, 0.15) is 11.1 Å². The zero-order chi connectivity index (χ0) is 15.1. The lowest BCUT2D eigenvalue weighted by Gasteiger charge is -2.11. The molecule has 4 nitrogen and oxygen atoms in total. The third-order valence-corrected chi connectivity index (χ3v) is 3.04. The quantitative estimate of drug-likeness (QED) is 0.381. The number of benzene rings is 2. The van der Waals surface area contributed by atoms with Crippen LogP contribution in [0.25, 0.3) is 12.2 Å². The van der Waals surface area contributed by atoms with Gasteiger partial charge in [0.15, 0.2) is 0 Å². The molecule has 4 heteroatoms. The van der Waals surface area contributed by atoms with E-state index in [-0.39, 0.29) is 0 Å². The van der Waals surface area contributed by atoms with Gasteiger partial charge < -0.3 is 4.90 Å². The summed E-state index contributed by atoms with van der Waals surface area (Å²) in [5.74, 6) is 0. The Morgan fingerprint density at radius 2 is 1.43 bits per heavy atom. The van der Waals surface area contributed by atoms with Gasteiger partial charge in [-0.25, -0.2) is 4.99 Å². The lowest BCUT2D eigenvalue weighted by atomic mass is 10.1. The first-order valence-electron chi connectivity index (χ1n) is 6.67. The van der Waals surface area contributed by atoms with E-state index in [2.05, 4.69) is 46.3 Å². The largest absolute Gasteiger partial charge is 0.378 e. The van der Waals surface area contributed by atoms with Crippen LogP contribution in [0.15, 0.2) is 53.5 Å². The average Bonchev–Trinajstić information content (AvgIpc) is 2.52. The second-order valence-corrected chi connectivity index (χ2v) is 4.80. The minimum absolute atomic E-state index is 0.782. The first-order chi connectivity index (χ1) is 10.2. The molecular formula is C17H19N3O. The van der Waals surface area contributed by atoms with Crippen molar-refractivity contribution in [2.24, 2.45) is 4.99 Å². The van der Waals surface area contributed by atoms with Crippen molar-refractivity contribution in [3.05, 3.63) is 59.7 Å². The van der Waals surface area contributed by atoms with Crippen LogP contribution in [0.2, 0.25) is 0 Å². The van der Waals surface area contributed by atoms with E-state index in [9.17, 15) is 0 Å². The third kappa shape index (κ3) is 4.47. The fourth-order valence-electron chi connectivity index (χ4n) is 1.85. The molecule has 108 valence electrons. The Bertz CT molecular complexity index is 613. The second kappa shape index (κ2) is 7.26. The summed E-state index contributed by atoms with van der Waals surface area (Å²) < 4.78 is 0. The molecule has 2 aromatic rings. The van der Waals surface area contributed by atoms with Crippen LogP contribution >= 0.6 is 0 Å². The van der Waals surface area contributed by atoms with E-state index in [0.717, 1.165) is 16.8 Å². The van der Waals surface area contributed by atoms with Gasteiger partial charge >= 0.3 is 0 Å². The predicted molar refractivity (Wildman–Crippen MR) is 89.2 cm³/mol. The summed E-state index contributed by atoms with van der Waals surface area (Å²) in [6, 6.07) is 16.1. The van der Waals surface area contributed by atoms with E-state index in [0.29, 0.717) is 0 Å². The predicted octanol–water partition coefficient (Wildman–Crippen LogP) is 3.56. The highest BCUT2D eigenvalue weighted by Gasteiger charge is 1.94. The van der Waals surface area contributed by atoms with Gasteiger partial charge in [-0.2, -0.15) is 0 Å². The standard InChI is InChI=1S/C17H19N3O/c1-20(2)17-11-7-15(8-12-17)4-3-14-5-9-16(10-6-14)18-13-19-21/h3-13,21H,1-2H3,(H,18,19)/b4-3+. The lowest BCUT2D eigenvalue weighted by molar-refractivity contribution is 0.240. The number of aliphatic imine (C=N–C) groups is 1. The van der Waals surface area contributed by atoms with Gasteiger partial charge in [0.05, 0.1) is 5.69 Å². The number of rotatable bonds is 5. The molecule has 0 saturated carbocycles. The molecule has 0 aliphatic carbocycles. The minimum Gasteiger partial charge on any atom is -0.378 e. The molecule has 0 saturated heterocycles. The van der Waals surface area contributed by atoms with Crippen molar-refractivity contribution in [1.82, 2.24) is 5.48 Å². The molecule has 21 heavy (non-hydrogen) atoms. The zero-order valence-electron chi connectivity index (χ0n) is 12.2. The molecule has 2 aromatic carbocycles. The molecule has 2 N–H and O–H groups in total. The van der Waals surface area contributed by atoms with Gasteiger partial charge in [0.1, 0.15) is 6.34 Å². The fraction of sp³-hybridized carbons (Fsp3) is 0.118. The van der Waals surface area contributed by atoms with Gasteiger partial charge in [-0.3, -0.25) is 10.7 Å². The molecule has 2 rings (SSSR count). The van der Waals surface area contributed by atoms with Crippen LogP contribution in [-0.4, -0.2) is 25.6 Å². The highest BCUT2D eigenvalue weighted by molar-refractivity contribution is 5.71. The van der Waals surface area contributed by atoms with Crippen molar-refractivity contribution in [3.8, 4) is 0 Å². The van der Waals surface area contributed by atoms with Crippen LogP contribution in [0, 0.1) is 0 Å². The molecule has 0 aromatic heterocycles. The van der Waals surface area contributed by atoms with Crippen molar-refractivity contribution >= 4 is 29.9 Å². The average molecular weight is 281 g/mol. The number of hydrogen-bond donors (Lipinski definition) is 2. The first-order valence-corrected chi connectivity index (χ1v) is 6.67. The summed E-state index contributed by atoms with van der Waals surface area (Å²) in [5.41, 5.74) is 6.11. The van der Waals surface area contributed by atoms with E-state index < -0.39 is 0 Å². The van der Waals surface area contributed by atoms with E-state index in [4.69, 9.17) is 5.21 Å². The summed E-state index contributed by atoms with van der Waals surface area (Å²) in [5, 5.41) is 8.43. The van der Waals surface area contributed by atoms with Gasteiger partial charge in [0, 0.05) is 19.8 Å². The van der Waals surface area contributed by atoms with Crippen molar-refractivity contribution in [1.29, 1.82) is 0 Å². The molecular weight excluding hydrogens is 262 g/mol. The molecule has 0 atom stereocenters. The van der Waals surface area contributed by atoms with Crippen LogP contribution < -0.4 is 10.4 Å². The van der Waals surface area contributed by atoms with Gasteiger partial charge in [-0.15, -0.1) is 0 Å². The molecule has 0 aliphatic rings. The zero-order valence-corrected chi connectivity index (χ0v) is 12.2. The molecule has 0 radical (unpaired) electrons. The van der Waals surface area contributed by atoms with Gasteiger partial charge in [-0.05, 0) is 35.4 Å². The Labute approximate surface area is 125 Å². The molecule has 0 amide bonds. The monoisotopic (exact) mass is 281 g/mol. The van der Waals surface area contributed by atoms with Crippen molar-refractivity contribution in [3.63, 3.8) is 0 Å². The summed E-state index contributed by atoms with van der Waals surface area (Å²) in [6.45, 7) is 0. The van der Waals surface area contributed by atoms with Gasteiger partial charge in [0.2, 0.25) is 0 Å². The summed E-state index contributed by atoms with van der Waals surface area (Å²) >= 11 is 0. The Hall–Kier alpha value is -2.59. The summed E-state index contributed by atoms with van der Waals surface area (Å²) in [6.07, 6.45) is 5.37. The molecule has 0 unspecified atom stereocenters. The van der Waals surface area contributed by atoms with Crippen LogP contribution in [0.5, 0.6) is 0 Å². The van der Waals surface area contributed by atoms with Crippen molar-refractivity contribution in [2.45, 2.75) is 0 Å². The second-order valence-electron chi connectivity index (χ2n) is 4.80. The van der Waals surface area contributed by atoms with Crippen LogP contribution in [0.3, 0.4) is 0 Å². The Balaban J connectivity index is 2.05.